The molecule has 0 saturated carbocycles. The molecule has 0 aliphatic heterocycles. The lowest BCUT2D eigenvalue weighted by atomic mass is 10.0. The van der Waals surface area contributed by atoms with Crippen molar-refractivity contribution in [1.29, 1.82) is 0 Å². The fourth-order valence-electron chi connectivity index (χ4n) is 2.42. The highest BCUT2D eigenvalue weighted by Gasteiger charge is 2.26. The molecule has 17 heavy (non-hydrogen) atoms. The van der Waals surface area contributed by atoms with Gasteiger partial charge in [0.15, 0.2) is 0 Å². The summed E-state index contributed by atoms with van der Waals surface area (Å²) in [4.78, 5) is 10.9. The van der Waals surface area contributed by atoms with Crippen molar-refractivity contribution in [1.82, 2.24) is 5.32 Å². The van der Waals surface area contributed by atoms with Gasteiger partial charge >= 0.3 is 5.97 Å². The van der Waals surface area contributed by atoms with Crippen molar-refractivity contribution in [2.24, 2.45) is 0 Å². The number of rotatable bonds is 2. The molecule has 1 aliphatic carbocycles. The first kappa shape index (κ1) is 12.1. The van der Waals surface area contributed by atoms with Gasteiger partial charge in [-0.3, -0.25) is 0 Å². The molecule has 3 heteroatoms. The molecule has 0 aromatic heterocycles. The van der Waals surface area contributed by atoms with Crippen LogP contribution in [0.4, 0.5) is 0 Å². The number of hydrogen-bond acceptors (Lipinski definition) is 2. The first-order valence-electron chi connectivity index (χ1n) is 6.00. The fraction of sp³-hybridized carbons (Fsp3) is 0.500. The van der Waals surface area contributed by atoms with Crippen molar-refractivity contribution in [3.8, 4) is 0 Å². The van der Waals surface area contributed by atoms with Gasteiger partial charge in [0.05, 0.1) is 5.56 Å². The fourth-order valence-corrected chi connectivity index (χ4v) is 2.42. The average molecular weight is 233 g/mol. The van der Waals surface area contributed by atoms with Crippen LogP contribution in [0.3, 0.4) is 0 Å². The van der Waals surface area contributed by atoms with E-state index in [1.54, 1.807) is 6.07 Å². The zero-order chi connectivity index (χ0) is 12.6. The summed E-state index contributed by atoms with van der Waals surface area (Å²) in [5, 5.41) is 12.5. The summed E-state index contributed by atoms with van der Waals surface area (Å²) in [5.74, 6) is -0.847. The highest BCUT2D eigenvalue weighted by molar-refractivity contribution is 5.88. The first-order valence-corrected chi connectivity index (χ1v) is 6.00. The Bertz CT molecular complexity index is 446. The Hall–Kier alpha value is -1.35. The van der Waals surface area contributed by atoms with Gasteiger partial charge in [0.1, 0.15) is 0 Å². The lowest BCUT2D eigenvalue weighted by Crippen LogP contribution is -2.38. The number of fused-ring (bicyclic) bond motifs is 1. The number of carbonyl (C=O) groups is 1. The van der Waals surface area contributed by atoms with Gasteiger partial charge in [-0.1, -0.05) is 6.07 Å². The third kappa shape index (κ3) is 2.67. The van der Waals surface area contributed by atoms with Crippen LogP contribution in [-0.4, -0.2) is 16.6 Å². The van der Waals surface area contributed by atoms with E-state index >= 15 is 0 Å². The predicted octanol–water partition coefficient (Wildman–Crippen LogP) is 2.76. The number of nitrogens with one attached hydrogen (secondary N) is 1. The maximum atomic E-state index is 10.9. The highest BCUT2D eigenvalue weighted by Crippen LogP contribution is 2.33. The lowest BCUT2D eigenvalue weighted by molar-refractivity contribution is 0.0696. The van der Waals surface area contributed by atoms with Crippen molar-refractivity contribution < 1.29 is 9.90 Å². The third-order valence-electron chi connectivity index (χ3n) is 3.07. The zero-order valence-electron chi connectivity index (χ0n) is 10.6. The van der Waals surface area contributed by atoms with Crippen LogP contribution in [0.5, 0.6) is 0 Å². The molecular weight excluding hydrogens is 214 g/mol. The van der Waals surface area contributed by atoms with E-state index in [4.69, 9.17) is 5.11 Å². The molecule has 92 valence electrons. The Morgan fingerprint density at radius 2 is 2.12 bits per heavy atom. The zero-order valence-corrected chi connectivity index (χ0v) is 10.6. The summed E-state index contributed by atoms with van der Waals surface area (Å²) in [6.45, 7) is 6.45. The van der Waals surface area contributed by atoms with E-state index < -0.39 is 5.97 Å². The summed E-state index contributed by atoms with van der Waals surface area (Å²) in [6, 6.07) is 5.81. The van der Waals surface area contributed by atoms with Crippen LogP contribution in [0.2, 0.25) is 0 Å². The lowest BCUT2D eigenvalue weighted by Gasteiger charge is -2.26. The van der Waals surface area contributed by atoms with E-state index in [1.807, 2.05) is 12.1 Å². The predicted molar refractivity (Wildman–Crippen MR) is 67.4 cm³/mol. The second-order valence-electron chi connectivity index (χ2n) is 5.70. The molecule has 0 saturated heterocycles. The second kappa shape index (κ2) is 4.15. The normalized spacial score (nSPS) is 19.1. The number of carboxylic acid groups (broad SMARTS) is 1. The molecule has 1 atom stereocenters. The van der Waals surface area contributed by atoms with Crippen molar-refractivity contribution >= 4 is 5.97 Å². The molecule has 1 aromatic carbocycles. The summed E-state index contributed by atoms with van der Waals surface area (Å²) in [7, 11) is 0. The van der Waals surface area contributed by atoms with Crippen LogP contribution in [0.1, 0.15) is 54.7 Å². The quantitative estimate of drug-likeness (QED) is 0.825. The van der Waals surface area contributed by atoms with Gasteiger partial charge in [-0.05, 0) is 56.9 Å². The molecule has 0 fully saturated rings. The van der Waals surface area contributed by atoms with Gasteiger partial charge < -0.3 is 10.4 Å². The standard InChI is InChI=1S/C14H19NO2/c1-14(2,3)15-12-7-5-9-8-10(13(16)17)4-6-11(9)12/h4,6,8,12,15H,5,7H2,1-3H3,(H,16,17). The Morgan fingerprint density at radius 3 is 2.71 bits per heavy atom. The van der Waals surface area contributed by atoms with E-state index in [0.717, 1.165) is 12.8 Å². The molecule has 2 N–H and O–H groups in total. The Morgan fingerprint density at radius 1 is 1.41 bits per heavy atom. The maximum Gasteiger partial charge on any atom is 0.335 e. The molecule has 1 aromatic rings. The van der Waals surface area contributed by atoms with Crippen molar-refractivity contribution in [3.63, 3.8) is 0 Å². The van der Waals surface area contributed by atoms with Crippen molar-refractivity contribution in [2.45, 2.75) is 45.2 Å². The summed E-state index contributed by atoms with van der Waals surface area (Å²) >= 11 is 0. The average Bonchev–Trinajstić information content (AvgIpc) is 2.58. The first-order chi connectivity index (χ1) is 7.87. The number of benzene rings is 1. The minimum Gasteiger partial charge on any atom is -0.478 e. The summed E-state index contributed by atoms with van der Waals surface area (Å²) < 4.78 is 0. The molecule has 0 spiro atoms. The Labute approximate surface area is 102 Å². The molecule has 1 unspecified atom stereocenters. The molecule has 0 amide bonds. The van der Waals surface area contributed by atoms with Gasteiger partial charge in [-0.2, -0.15) is 0 Å². The number of aromatic carboxylic acids is 1. The van der Waals surface area contributed by atoms with E-state index in [-0.39, 0.29) is 5.54 Å². The number of aryl methyl sites for hydroxylation is 1. The van der Waals surface area contributed by atoms with Crippen molar-refractivity contribution in [2.75, 3.05) is 0 Å². The Balaban J connectivity index is 2.25. The smallest absolute Gasteiger partial charge is 0.335 e. The van der Waals surface area contributed by atoms with E-state index in [9.17, 15) is 4.79 Å². The molecule has 1 aliphatic rings. The van der Waals surface area contributed by atoms with Crippen LogP contribution in [0.15, 0.2) is 18.2 Å². The van der Waals surface area contributed by atoms with Gasteiger partial charge in [0.2, 0.25) is 0 Å². The van der Waals surface area contributed by atoms with Crippen LogP contribution in [0, 0.1) is 0 Å². The maximum absolute atomic E-state index is 10.9. The molecule has 0 bridgehead atoms. The van der Waals surface area contributed by atoms with Crippen LogP contribution in [-0.2, 0) is 6.42 Å². The largest absolute Gasteiger partial charge is 0.478 e. The van der Waals surface area contributed by atoms with E-state index in [2.05, 4.69) is 26.1 Å². The minimum atomic E-state index is -0.847. The summed E-state index contributed by atoms with van der Waals surface area (Å²) in [5.41, 5.74) is 2.90. The van der Waals surface area contributed by atoms with Gasteiger partial charge in [-0.25, -0.2) is 4.79 Å². The Kier molecular flexibility index (Phi) is 2.96. The van der Waals surface area contributed by atoms with Gasteiger partial charge in [0.25, 0.3) is 0 Å². The van der Waals surface area contributed by atoms with E-state index in [1.165, 1.54) is 11.1 Å². The molecule has 0 heterocycles. The highest BCUT2D eigenvalue weighted by atomic mass is 16.4. The van der Waals surface area contributed by atoms with Gasteiger partial charge in [-0.15, -0.1) is 0 Å². The second-order valence-corrected chi connectivity index (χ2v) is 5.70. The number of carboxylic acids is 1. The van der Waals surface area contributed by atoms with Crippen LogP contribution >= 0.6 is 0 Å². The number of hydrogen-bond donors (Lipinski definition) is 2. The van der Waals surface area contributed by atoms with Crippen molar-refractivity contribution in [3.05, 3.63) is 34.9 Å². The monoisotopic (exact) mass is 233 g/mol. The topological polar surface area (TPSA) is 49.3 Å². The minimum absolute atomic E-state index is 0.0811. The SMILES string of the molecule is CC(C)(C)NC1CCc2cc(C(=O)O)ccc21. The van der Waals surface area contributed by atoms with Crippen LogP contribution < -0.4 is 5.32 Å². The summed E-state index contributed by atoms with van der Waals surface area (Å²) in [6.07, 6.45) is 2.01. The molecule has 0 radical (unpaired) electrons. The molecular formula is C14H19NO2. The van der Waals surface area contributed by atoms with Crippen LogP contribution in [0.25, 0.3) is 0 Å². The molecule has 3 nitrogen and oxygen atoms in total. The van der Waals surface area contributed by atoms with E-state index in [0.29, 0.717) is 11.6 Å². The molecule has 2 rings (SSSR count). The third-order valence-corrected chi connectivity index (χ3v) is 3.07. The van der Waals surface area contributed by atoms with Gasteiger partial charge in [0, 0.05) is 11.6 Å².